The van der Waals surface area contributed by atoms with Crippen molar-refractivity contribution in [3.63, 3.8) is 0 Å². The fourth-order valence-corrected chi connectivity index (χ4v) is 8.79. The minimum absolute atomic E-state index is 1.13. The quantitative estimate of drug-likeness (QED) is 0.0995. The van der Waals surface area contributed by atoms with Gasteiger partial charge in [0.1, 0.15) is 0 Å². The second kappa shape index (κ2) is 21.1. The minimum Gasteiger partial charge on any atom is -0.391 e. The van der Waals surface area contributed by atoms with Crippen LogP contribution in [0.15, 0.2) is 59.7 Å². The average molecular weight is 579 g/mol. The summed E-state index contributed by atoms with van der Waals surface area (Å²) in [6.45, 7) is 8.78. The maximum atomic E-state index is 5.86. The number of rotatable bonds is 18. The zero-order valence-electron chi connectivity index (χ0n) is 27.7. The van der Waals surface area contributed by atoms with Crippen LogP contribution in [0.2, 0.25) is 0 Å². The van der Waals surface area contributed by atoms with Crippen molar-refractivity contribution < 1.29 is 8.85 Å². The van der Waals surface area contributed by atoms with E-state index in [1.54, 1.807) is 14.2 Å². The largest absolute Gasteiger partial charge is 0.406 e. The highest BCUT2D eigenvalue weighted by Gasteiger charge is 2.40. The van der Waals surface area contributed by atoms with E-state index in [9.17, 15) is 0 Å². The van der Waals surface area contributed by atoms with Gasteiger partial charge in [0.05, 0.1) is 0 Å². The van der Waals surface area contributed by atoms with Gasteiger partial charge in [-0.2, -0.15) is 0 Å². The summed E-state index contributed by atoms with van der Waals surface area (Å²) < 4.78 is 11.7. The topological polar surface area (TPSA) is 18.5 Å². The molecule has 0 unspecified atom stereocenters. The van der Waals surface area contributed by atoms with Crippen molar-refractivity contribution >= 4 is 18.9 Å². The first-order valence-electron chi connectivity index (χ1n) is 16.9. The second-order valence-electron chi connectivity index (χ2n) is 12.2. The van der Waals surface area contributed by atoms with E-state index in [1.807, 2.05) is 11.1 Å². The van der Waals surface area contributed by atoms with Gasteiger partial charge in [0, 0.05) is 14.2 Å². The molecule has 3 heteroatoms. The molecule has 0 heterocycles. The molecular weight excluding hydrogens is 517 g/mol. The summed E-state index contributed by atoms with van der Waals surface area (Å²) in [7, 11) is 0.922. The molecule has 0 spiro atoms. The maximum absolute atomic E-state index is 5.86. The average Bonchev–Trinajstić information content (AvgIpc) is 3.00. The number of allylic oxidation sites excluding steroid dienone is 2. The molecule has 0 amide bonds. The van der Waals surface area contributed by atoms with E-state index in [4.69, 9.17) is 8.85 Å². The number of benzene rings is 2. The van der Waals surface area contributed by atoms with Crippen LogP contribution in [0, 0.1) is 13.8 Å². The van der Waals surface area contributed by atoms with E-state index in [0.29, 0.717) is 0 Å². The molecule has 1 aliphatic rings. The monoisotopic (exact) mass is 578 g/mol. The van der Waals surface area contributed by atoms with Gasteiger partial charge in [0.25, 0.3) is 0 Å². The predicted octanol–water partition coefficient (Wildman–Crippen LogP) is 10.5. The van der Waals surface area contributed by atoms with Crippen LogP contribution in [0.5, 0.6) is 0 Å². The van der Waals surface area contributed by atoms with Crippen LogP contribution in [0.1, 0.15) is 141 Å². The van der Waals surface area contributed by atoms with Crippen LogP contribution < -0.4 is 10.4 Å². The van der Waals surface area contributed by atoms with E-state index < -0.39 is 8.56 Å². The molecule has 0 bridgehead atoms. The Morgan fingerprint density at radius 1 is 0.512 bits per heavy atom. The summed E-state index contributed by atoms with van der Waals surface area (Å²) >= 11 is 0. The van der Waals surface area contributed by atoms with Gasteiger partial charge < -0.3 is 8.85 Å². The van der Waals surface area contributed by atoms with Gasteiger partial charge in [-0.3, -0.25) is 0 Å². The van der Waals surface area contributed by atoms with Crippen LogP contribution in [-0.4, -0.2) is 22.8 Å². The lowest BCUT2D eigenvalue weighted by molar-refractivity contribution is 0.272. The summed E-state index contributed by atoms with van der Waals surface area (Å²) in [4.78, 5) is 0. The Morgan fingerprint density at radius 2 is 0.854 bits per heavy atom. The number of hydrogen-bond acceptors (Lipinski definition) is 2. The Hall–Kier alpha value is -1.68. The van der Waals surface area contributed by atoms with Gasteiger partial charge in [-0.25, -0.2) is 0 Å². The van der Waals surface area contributed by atoms with Crippen molar-refractivity contribution in [2.24, 2.45) is 0 Å². The van der Waals surface area contributed by atoms with Gasteiger partial charge in [-0.05, 0) is 75.6 Å². The Kier molecular flexibility index (Phi) is 18.3. The van der Waals surface area contributed by atoms with Gasteiger partial charge in [0.2, 0.25) is 0 Å². The summed E-state index contributed by atoms with van der Waals surface area (Å²) in [5.41, 5.74) is 6.25. The van der Waals surface area contributed by atoms with Crippen LogP contribution in [0.25, 0.3) is 0 Å². The molecule has 1 aliphatic carbocycles. The summed E-state index contributed by atoms with van der Waals surface area (Å²) in [5.74, 6) is 0. The molecule has 0 N–H and O–H groups in total. The molecule has 41 heavy (non-hydrogen) atoms. The van der Waals surface area contributed by atoms with Gasteiger partial charge in [-0.15, -0.1) is 0 Å². The Labute approximate surface area is 255 Å². The molecule has 0 saturated heterocycles. The van der Waals surface area contributed by atoms with Gasteiger partial charge in [0.15, 0.2) is 0 Å². The van der Waals surface area contributed by atoms with Crippen molar-refractivity contribution in [3.8, 4) is 0 Å². The second-order valence-corrected chi connectivity index (χ2v) is 15.4. The smallest absolute Gasteiger partial charge is 0.391 e. The van der Waals surface area contributed by atoms with Crippen LogP contribution in [-0.2, 0) is 8.85 Å². The number of aryl methyl sites for hydroxylation is 2. The predicted molar refractivity (Wildman–Crippen MR) is 183 cm³/mol. The summed E-state index contributed by atoms with van der Waals surface area (Å²) in [5, 5.41) is 2.26. The lowest BCUT2D eigenvalue weighted by Crippen LogP contribution is -2.62. The third-order valence-electron chi connectivity index (χ3n) is 8.81. The first-order chi connectivity index (χ1) is 20.0. The number of hydrogen-bond donors (Lipinski definition) is 0. The molecule has 2 aromatic carbocycles. The van der Waals surface area contributed by atoms with Crippen LogP contribution >= 0.6 is 0 Å². The molecule has 0 saturated carbocycles. The zero-order chi connectivity index (χ0) is 29.8. The highest BCUT2D eigenvalue weighted by molar-refractivity contribution is 6.92. The highest BCUT2D eigenvalue weighted by Crippen LogP contribution is 2.32. The Morgan fingerprint density at radius 3 is 1.20 bits per heavy atom. The fraction of sp³-hybridized carbons (Fsp3) is 0.632. The Bertz CT molecular complexity index is 881. The normalized spacial score (nSPS) is 13.7. The molecule has 0 atom stereocenters. The molecule has 2 nitrogen and oxygen atoms in total. The molecule has 230 valence electrons. The molecular formula is C38H62O2Si. The lowest BCUT2D eigenvalue weighted by atomic mass is 9.86. The van der Waals surface area contributed by atoms with E-state index in [2.05, 4.69) is 76.2 Å². The summed E-state index contributed by atoms with van der Waals surface area (Å²) in [6, 6.07) is 16.8. The first kappa shape index (κ1) is 35.5. The fourth-order valence-electron chi connectivity index (χ4n) is 6.14. The van der Waals surface area contributed by atoms with Crippen molar-refractivity contribution in [2.45, 2.75) is 143 Å². The van der Waals surface area contributed by atoms with Gasteiger partial charge in [-0.1, -0.05) is 149 Å². The molecule has 0 radical (unpaired) electrons. The highest BCUT2D eigenvalue weighted by atomic mass is 28.4. The molecule has 0 fully saturated rings. The van der Waals surface area contributed by atoms with Crippen molar-refractivity contribution in [1.82, 2.24) is 0 Å². The van der Waals surface area contributed by atoms with Crippen LogP contribution in [0.3, 0.4) is 0 Å². The van der Waals surface area contributed by atoms with E-state index >= 15 is 0 Å². The van der Waals surface area contributed by atoms with Crippen LogP contribution in [0.4, 0.5) is 0 Å². The summed E-state index contributed by atoms with van der Waals surface area (Å²) in [6.07, 6.45) is 26.0. The molecule has 3 rings (SSSR count). The molecule has 0 aliphatic heterocycles. The third kappa shape index (κ3) is 12.6. The standard InChI is InChI=1S/C22H42.C16H20O2Si/c1-3-5-7-9-11-13-17-21-19-15-16-20-22(21)18-14-12-10-8-6-4-2;1-13-5-9-15(10-6-13)19(17-3,18-4)16-11-7-14(2)8-12-16/h3-20H2,1-2H3;5-12H,1-4H3. The van der Waals surface area contributed by atoms with Gasteiger partial charge >= 0.3 is 8.56 Å². The van der Waals surface area contributed by atoms with E-state index in [0.717, 1.165) is 10.4 Å². The van der Waals surface area contributed by atoms with E-state index in [-0.39, 0.29) is 0 Å². The minimum atomic E-state index is -2.54. The number of unbranched alkanes of at least 4 members (excludes halogenated alkanes) is 10. The van der Waals surface area contributed by atoms with Crippen molar-refractivity contribution in [1.29, 1.82) is 0 Å². The first-order valence-corrected chi connectivity index (χ1v) is 18.8. The molecule has 0 aromatic heterocycles. The maximum Gasteiger partial charge on any atom is 0.406 e. The Balaban J connectivity index is 0.000000289. The van der Waals surface area contributed by atoms with E-state index in [1.165, 1.54) is 127 Å². The van der Waals surface area contributed by atoms with Crippen molar-refractivity contribution in [3.05, 3.63) is 70.8 Å². The SMILES string of the molecule is CCCCCCCCC1=C(CCCCCCCC)CCCC1.CO[Si](OC)(c1ccc(C)cc1)c1ccc(C)cc1. The molecule has 2 aromatic rings. The lowest BCUT2D eigenvalue weighted by Gasteiger charge is -2.28. The van der Waals surface area contributed by atoms with Crippen molar-refractivity contribution in [2.75, 3.05) is 14.2 Å². The third-order valence-corrected chi connectivity index (χ3v) is 12.1. The zero-order valence-corrected chi connectivity index (χ0v) is 28.7.